The van der Waals surface area contributed by atoms with E-state index in [1.807, 2.05) is 0 Å². The molecule has 0 fully saturated rings. The number of carbonyl (C=O) groups excluding carboxylic acids is 1. The van der Waals surface area contributed by atoms with Gasteiger partial charge in [0, 0.05) is 25.4 Å². The third kappa shape index (κ3) is 2.27. The molecule has 1 amide bonds. The highest BCUT2D eigenvalue weighted by molar-refractivity contribution is 5.98. The molecular formula is C12H14N4O2. The topological polar surface area (TPSA) is 95.2 Å². The molecule has 1 aromatic carbocycles. The van der Waals surface area contributed by atoms with Crippen LogP contribution in [0.5, 0.6) is 5.75 Å². The molecule has 0 spiro atoms. The molecule has 0 aliphatic carbocycles. The van der Waals surface area contributed by atoms with E-state index in [2.05, 4.69) is 10.2 Å². The Morgan fingerprint density at radius 1 is 1.56 bits per heavy atom. The minimum atomic E-state index is -0.291. The molecule has 0 unspecified atom stereocenters. The van der Waals surface area contributed by atoms with Gasteiger partial charge in [-0.05, 0) is 12.1 Å². The monoisotopic (exact) mass is 246 g/mol. The first-order chi connectivity index (χ1) is 8.59. The Morgan fingerprint density at radius 2 is 2.33 bits per heavy atom. The highest BCUT2D eigenvalue weighted by Gasteiger charge is 2.17. The minimum Gasteiger partial charge on any atom is -0.505 e. The lowest BCUT2D eigenvalue weighted by molar-refractivity contribution is 0.0782. The Labute approximate surface area is 104 Å². The number of nitrogens with two attached hydrogens (primary N) is 1. The first kappa shape index (κ1) is 12.0. The molecule has 18 heavy (non-hydrogen) atoms. The van der Waals surface area contributed by atoms with Crippen molar-refractivity contribution >= 4 is 11.6 Å². The van der Waals surface area contributed by atoms with E-state index in [1.165, 1.54) is 4.90 Å². The van der Waals surface area contributed by atoms with Crippen LogP contribution in [0.1, 0.15) is 15.9 Å². The van der Waals surface area contributed by atoms with Crippen LogP contribution in [0.25, 0.3) is 0 Å². The van der Waals surface area contributed by atoms with Gasteiger partial charge in [-0.15, -0.1) is 0 Å². The Balaban J connectivity index is 2.18. The molecule has 2 rings (SSSR count). The molecule has 0 aliphatic rings. The van der Waals surface area contributed by atoms with E-state index in [0.717, 1.165) is 5.56 Å². The number of phenols is 1. The van der Waals surface area contributed by atoms with Crippen LogP contribution in [-0.4, -0.2) is 33.2 Å². The second-order valence-corrected chi connectivity index (χ2v) is 4.01. The number of aromatic nitrogens is 2. The summed E-state index contributed by atoms with van der Waals surface area (Å²) < 4.78 is 0. The molecule has 4 N–H and O–H groups in total. The number of H-pyrrole nitrogens is 1. The Hall–Kier alpha value is -2.50. The molecule has 0 radical (unpaired) electrons. The fourth-order valence-corrected chi connectivity index (χ4v) is 1.65. The highest BCUT2D eigenvalue weighted by atomic mass is 16.3. The van der Waals surface area contributed by atoms with E-state index < -0.39 is 0 Å². The first-order valence-corrected chi connectivity index (χ1v) is 5.40. The van der Waals surface area contributed by atoms with Gasteiger partial charge in [0.1, 0.15) is 0 Å². The van der Waals surface area contributed by atoms with Gasteiger partial charge in [-0.1, -0.05) is 6.07 Å². The molecule has 94 valence electrons. The summed E-state index contributed by atoms with van der Waals surface area (Å²) >= 11 is 0. The number of amides is 1. The maximum Gasteiger partial charge on any atom is 0.257 e. The molecule has 0 atom stereocenters. The number of rotatable bonds is 3. The Kier molecular flexibility index (Phi) is 3.18. The number of para-hydroxylation sites is 1. The number of aromatic amines is 1. The van der Waals surface area contributed by atoms with Crippen molar-refractivity contribution in [1.82, 2.24) is 15.1 Å². The quantitative estimate of drug-likeness (QED) is 0.555. The summed E-state index contributed by atoms with van der Waals surface area (Å²) in [6.07, 6.45) is 3.35. The van der Waals surface area contributed by atoms with Gasteiger partial charge in [0.2, 0.25) is 0 Å². The number of aromatic hydroxyl groups is 1. The van der Waals surface area contributed by atoms with Crippen molar-refractivity contribution < 1.29 is 9.90 Å². The summed E-state index contributed by atoms with van der Waals surface area (Å²) in [6.45, 7) is 0.406. The van der Waals surface area contributed by atoms with Crippen molar-refractivity contribution in [3.63, 3.8) is 0 Å². The zero-order valence-corrected chi connectivity index (χ0v) is 9.92. The lowest BCUT2D eigenvalue weighted by atomic mass is 10.1. The highest BCUT2D eigenvalue weighted by Crippen LogP contribution is 2.25. The number of nitrogens with one attached hydrogen (secondary N) is 1. The molecule has 1 aromatic heterocycles. The van der Waals surface area contributed by atoms with Crippen LogP contribution in [0.4, 0.5) is 5.69 Å². The zero-order chi connectivity index (χ0) is 13.1. The first-order valence-electron chi connectivity index (χ1n) is 5.40. The fourth-order valence-electron chi connectivity index (χ4n) is 1.65. The number of anilines is 1. The van der Waals surface area contributed by atoms with E-state index in [-0.39, 0.29) is 22.9 Å². The standard InChI is InChI=1S/C12H14N4O2/c1-16(7-8-5-14-15-6-8)12(18)9-3-2-4-10(13)11(9)17/h2-6,17H,7,13H2,1H3,(H,14,15). The summed E-state index contributed by atoms with van der Waals surface area (Å²) in [5.41, 5.74) is 6.83. The predicted molar refractivity (Wildman–Crippen MR) is 66.9 cm³/mol. The van der Waals surface area contributed by atoms with Gasteiger partial charge >= 0.3 is 0 Å². The van der Waals surface area contributed by atoms with Crippen molar-refractivity contribution in [1.29, 1.82) is 0 Å². The summed E-state index contributed by atoms with van der Waals surface area (Å²) in [6, 6.07) is 4.72. The molecule has 6 heteroatoms. The van der Waals surface area contributed by atoms with E-state index >= 15 is 0 Å². The Morgan fingerprint density at radius 3 is 3.00 bits per heavy atom. The summed E-state index contributed by atoms with van der Waals surface area (Å²) in [5.74, 6) is -0.470. The van der Waals surface area contributed by atoms with Gasteiger partial charge in [-0.25, -0.2) is 0 Å². The van der Waals surface area contributed by atoms with Crippen molar-refractivity contribution in [3.8, 4) is 5.75 Å². The molecule has 2 aromatic rings. The lowest BCUT2D eigenvalue weighted by Crippen LogP contribution is -2.26. The van der Waals surface area contributed by atoms with Gasteiger partial charge in [0.15, 0.2) is 5.75 Å². The number of nitrogens with zero attached hydrogens (tertiary/aromatic N) is 2. The van der Waals surface area contributed by atoms with Crippen molar-refractivity contribution in [2.75, 3.05) is 12.8 Å². The number of benzene rings is 1. The number of hydrogen-bond donors (Lipinski definition) is 3. The smallest absolute Gasteiger partial charge is 0.257 e. The van der Waals surface area contributed by atoms with E-state index in [1.54, 1.807) is 37.6 Å². The van der Waals surface area contributed by atoms with Gasteiger partial charge in [0.05, 0.1) is 17.4 Å². The lowest BCUT2D eigenvalue weighted by Gasteiger charge is -2.17. The average molecular weight is 246 g/mol. The number of phenolic OH excluding ortho intramolecular Hbond substituents is 1. The SMILES string of the molecule is CN(Cc1cn[nH]c1)C(=O)c1cccc(N)c1O. The normalized spacial score (nSPS) is 10.3. The Bertz CT molecular complexity index is 551. The molecular weight excluding hydrogens is 232 g/mol. The fraction of sp³-hybridized carbons (Fsp3) is 0.167. The second kappa shape index (κ2) is 4.79. The van der Waals surface area contributed by atoms with Crippen molar-refractivity contribution in [2.24, 2.45) is 0 Å². The summed E-state index contributed by atoms with van der Waals surface area (Å²) in [5, 5.41) is 16.2. The molecule has 1 heterocycles. The third-order valence-electron chi connectivity index (χ3n) is 2.62. The summed E-state index contributed by atoms with van der Waals surface area (Å²) in [4.78, 5) is 13.6. The number of hydrogen-bond acceptors (Lipinski definition) is 4. The maximum absolute atomic E-state index is 12.1. The van der Waals surface area contributed by atoms with E-state index in [0.29, 0.717) is 6.54 Å². The van der Waals surface area contributed by atoms with Crippen LogP contribution in [0.2, 0.25) is 0 Å². The van der Waals surface area contributed by atoms with Crippen LogP contribution in [0.3, 0.4) is 0 Å². The third-order valence-corrected chi connectivity index (χ3v) is 2.62. The van der Waals surface area contributed by atoms with Gasteiger partial charge < -0.3 is 15.7 Å². The molecule has 0 saturated heterocycles. The predicted octanol–water partition coefficient (Wildman–Crippen LogP) is 0.970. The van der Waals surface area contributed by atoms with E-state index in [4.69, 9.17) is 5.73 Å². The van der Waals surface area contributed by atoms with Crippen LogP contribution in [0.15, 0.2) is 30.6 Å². The molecule has 6 nitrogen and oxygen atoms in total. The van der Waals surface area contributed by atoms with Gasteiger partial charge in [0.25, 0.3) is 5.91 Å². The molecule has 0 aliphatic heterocycles. The van der Waals surface area contributed by atoms with Crippen molar-refractivity contribution in [3.05, 3.63) is 41.7 Å². The zero-order valence-electron chi connectivity index (χ0n) is 9.92. The second-order valence-electron chi connectivity index (χ2n) is 4.01. The largest absolute Gasteiger partial charge is 0.505 e. The molecule has 0 bridgehead atoms. The minimum absolute atomic E-state index is 0.179. The average Bonchev–Trinajstić information content (AvgIpc) is 2.84. The van der Waals surface area contributed by atoms with Crippen LogP contribution in [0, 0.1) is 0 Å². The van der Waals surface area contributed by atoms with Gasteiger partial charge in [-0.2, -0.15) is 5.10 Å². The van der Waals surface area contributed by atoms with Gasteiger partial charge in [-0.3, -0.25) is 9.89 Å². The molecule has 0 saturated carbocycles. The maximum atomic E-state index is 12.1. The van der Waals surface area contributed by atoms with Crippen molar-refractivity contribution in [2.45, 2.75) is 6.54 Å². The van der Waals surface area contributed by atoms with Crippen LogP contribution in [-0.2, 0) is 6.54 Å². The number of carbonyl (C=O) groups is 1. The number of nitrogen functional groups attached to an aromatic ring is 1. The van der Waals surface area contributed by atoms with Crippen LogP contribution < -0.4 is 5.73 Å². The summed E-state index contributed by atoms with van der Waals surface area (Å²) in [7, 11) is 1.65. The van der Waals surface area contributed by atoms with E-state index in [9.17, 15) is 9.90 Å². The van der Waals surface area contributed by atoms with Crippen LogP contribution >= 0.6 is 0 Å².